The smallest absolute Gasteiger partial charge is 0.0384 e. The van der Waals surface area contributed by atoms with Gasteiger partial charge in [-0.2, -0.15) is 0 Å². The molecule has 0 bridgehead atoms. The Hall–Kier alpha value is -0.760. The highest BCUT2D eigenvalue weighted by Crippen LogP contribution is 2.14. The number of H-pyrrole nitrogens is 1. The molecule has 1 aromatic heterocycles. The molecule has 0 atom stereocenters. The second-order valence-electron chi connectivity index (χ2n) is 2.97. The van der Waals surface area contributed by atoms with Crippen LogP contribution >= 0.6 is 0 Å². The van der Waals surface area contributed by atoms with Gasteiger partial charge in [0.2, 0.25) is 0 Å². The highest BCUT2D eigenvalue weighted by molar-refractivity contribution is 5.22. The molecule has 0 spiro atoms. The Bertz CT molecular complexity index is 227. The van der Waals surface area contributed by atoms with Crippen molar-refractivity contribution in [2.75, 3.05) is 13.6 Å². The molecular formula is C8H12N2. The summed E-state index contributed by atoms with van der Waals surface area (Å²) in [6.07, 6.45) is 3.24. The summed E-state index contributed by atoms with van der Waals surface area (Å²) in [5.41, 5.74) is 2.90. The second kappa shape index (κ2) is 2.13. The lowest BCUT2D eigenvalue weighted by Gasteiger charge is -2.21. The van der Waals surface area contributed by atoms with Crippen LogP contribution in [-0.4, -0.2) is 23.5 Å². The van der Waals surface area contributed by atoms with Gasteiger partial charge < -0.3 is 9.88 Å². The fourth-order valence-corrected chi connectivity index (χ4v) is 1.48. The summed E-state index contributed by atoms with van der Waals surface area (Å²) in [7, 11) is 2.16. The van der Waals surface area contributed by atoms with Gasteiger partial charge >= 0.3 is 0 Å². The van der Waals surface area contributed by atoms with Crippen molar-refractivity contribution in [3.63, 3.8) is 0 Å². The van der Waals surface area contributed by atoms with Gasteiger partial charge in [-0.1, -0.05) is 0 Å². The first-order valence-electron chi connectivity index (χ1n) is 3.70. The summed E-state index contributed by atoms with van der Waals surface area (Å²) in [5, 5.41) is 0. The number of hydrogen-bond acceptors (Lipinski definition) is 1. The van der Waals surface area contributed by atoms with Gasteiger partial charge in [0.15, 0.2) is 0 Å². The number of fused-ring (bicyclic) bond motifs is 1. The molecule has 0 saturated carbocycles. The molecule has 0 amide bonds. The average molecular weight is 136 g/mol. The van der Waals surface area contributed by atoms with E-state index in [1.165, 1.54) is 24.2 Å². The summed E-state index contributed by atoms with van der Waals surface area (Å²) in [6.45, 7) is 2.28. The van der Waals surface area contributed by atoms with Gasteiger partial charge in [-0.05, 0) is 25.1 Å². The van der Waals surface area contributed by atoms with Crippen LogP contribution in [0.3, 0.4) is 0 Å². The molecule has 0 fully saturated rings. The summed E-state index contributed by atoms with van der Waals surface area (Å²) in [6, 6.07) is 2.18. The molecule has 0 radical (unpaired) electrons. The molecule has 2 rings (SSSR count). The predicted octanol–water partition coefficient (Wildman–Crippen LogP) is 1.00. The van der Waals surface area contributed by atoms with E-state index >= 15 is 0 Å². The minimum absolute atomic E-state index is 1.09. The first-order chi connectivity index (χ1) is 4.86. The number of nitrogens with one attached hydrogen (secondary N) is 1. The molecular weight excluding hydrogens is 124 g/mol. The quantitative estimate of drug-likeness (QED) is 0.563. The first-order valence-corrected chi connectivity index (χ1v) is 3.70. The van der Waals surface area contributed by atoms with Crippen LogP contribution in [0.2, 0.25) is 0 Å². The lowest BCUT2D eigenvalue weighted by molar-refractivity contribution is 0.309. The van der Waals surface area contributed by atoms with Crippen LogP contribution in [0.4, 0.5) is 0 Å². The van der Waals surface area contributed by atoms with Crippen molar-refractivity contribution in [1.29, 1.82) is 0 Å². The van der Waals surface area contributed by atoms with E-state index in [4.69, 9.17) is 0 Å². The van der Waals surface area contributed by atoms with Gasteiger partial charge in [0, 0.05) is 25.0 Å². The Morgan fingerprint density at radius 3 is 3.40 bits per heavy atom. The maximum atomic E-state index is 3.25. The monoisotopic (exact) mass is 136 g/mol. The second-order valence-corrected chi connectivity index (χ2v) is 2.97. The molecule has 0 aromatic carbocycles. The SMILES string of the molecule is CN1CCc2cc[nH]c2C1. The standard InChI is InChI=1S/C8H12N2/c1-10-5-3-7-2-4-9-8(7)6-10/h2,4,9H,3,5-6H2,1H3. The highest BCUT2D eigenvalue weighted by Gasteiger charge is 2.12. The minimum atomic E-state index is 1.09. The fraction of sp³-hybridized carbons (Fsp3) is 0.500. The van der Waals surface area contributed by atoms with E-state index in [-0.39, 0.29) is 0 Å². The fourth-order valence-electron chi connectivity index (χ4n) is 1.48. The maximum Gasteiger partial charge on any atom is 0.0384 e. The number of nitrogens with zero attached hydrogens (tertiary/aromatic N) is 1. The lowest BCUT2D eigenvalue weighted by Crippen LogP contribution is -2.25. The van der Waals surface area contributed by atoms with Crippen LogP contribution in [0.25, 0.3) is 0 Å². The van der Waals surface area contributed by atoms with E-state index in [9.17, 15) is 0 Å². The summed E-state index contributed by atoms with van der Waals surface area (Å²) in [5.74, 6) is 0. The van der Waals surface area contributed by atoms with Gasteiger partial charge in [-0.3, -0.25) is 0 Å². The van der Waals surface area contributed by atoms with Crippen molar-refractivity contribution in [3.8, 4) is 0 Å². The van der Waals surface area contributed by atoms with E-state index in [1.807, 2.05) is 6.20 Å². The lowest BCUT2D eigenvalue weighted by atomic mass is 10.1. The molecule has 0 saturated heterocycles. The predicted molar refractivity (Wildman–Crippen MR) is 40.8 cm³/mol. The molecule has 2 nitrogen and oxygen atoms in total. The topological polar surface area (TPSA) is 19.0 Å². The third-order valence-electron chi connectivity index (χ3n) is 2.12. The van der Waals surface area contributed by atoms with Gasteiger partial charge in [-0.25, -0.2) is 0 Å². The maximum absolute atomic E-state index is 3.25. The van der Waals surface area contributed by atoms with Crippen molar-refractivity contribution < 1.29 is 0 Å². The molecule has 1 aliphatic rings. The Labute approximate surface area is 60.9 Å². The van der Waals surface area contributed by atoms with Crippen LogP contribution in [0.5, 0.6) is 0 Å². The molecule has 54 valence electrons. The summed E-state index contributed by atoms with van der Waals surface area (Å²) in [4.78, 5) is 5.58. The van der Waals surface area contributed by atoms with Crippen molar-refractivity contribution in [1.82, 2.24) is 9.88 Å². The number of rotatable bonds is 0. The third-order valence-corrected chi connectivity index (χ3v) is 2.12. The van der Waals surface area contributed by atoms with Crippen LogP contribution in [0, 0.1) is 0 Å². The van der Waals surface area contributed by atoms with Crippen molar-refractivity contribution in [2.24, 2.45) is 0 Å². The molecule has 1 aromatic rings. The van der Waals surface area contributed by atoms with E-state index in [0.717, 1.165) is 6.54 Å². The van der Waals surface area contributed by atoms with Crippen LogP contribution < -0.4 is 0 Å². The van der Waals surface area contributed by atoms with E-state index in [0.29, 0.717) is 0 Å². The Morgan fingerprint density at radius 2 is 2.50 bits per heavy atom. The zero-order valence-corrected chi connectivity index (χ0v) is 6.22. The van der Waals surface area contributed by atoms with E-state index in [1.54, 1.807) is 0 Å². The third kappa shape index (κ3) is 0.847. The van der Waals surface area contributed by atoms with Gasteiger partial charge in [-0.15, -0.1) is 0 Å². The molecule has 0 unspecified atom stereocenters. The number of aromatic nitrogens is 1. The van der Waals surface area contributed by atoms with Crippen molar-refractivity contribution >= 4 is 0 Å². The highest BCUT2D eigenvalue weighted by atomic mass is 15.1. The number of aromatic amines is 1. The minimum Gasteiger partial charge on any atom is -0.364 e. The zero-order chi connectivity index (χ0) is 6.97. The Morgan fingerprint density at radius 1 is 1.60 bits per heavy atom. The normalized spacial score (nSPS) is 18.9. The van der Waals surface area contributed by atoms with Gasteiger partial charge in [0.25, 0.3) is 0 Å². The van der Waals surface area contributed by atoms with E-state index < -0.39 is 0 Å². The number of hydrogen-bond donors (Lipinski definition) is 1. The number of likely N-dealkylation sites (N-methyl/N-ethyl adjacent to an activating group) is 1. The molecule has 2 heteroatoms. The summed E-state index contributed by atoms with van der Waals surface area (Å²) < 4.78 is 0. The van der Waals surface area contributed by atoms with Crippen LogP contribution in [-0.2, 0) is 13.0 Å². The van der Waals surface area contributed by atoms with Gasteiger partial charge in [0.1, 0.15) is 0 Å². The Balaban J connectivity index is 2.30. The zero-order valence-electron chi connectivity index (χ0n) is 6.22. The largest absolute Gasteiger partial charge is 0.364 e. The van der Waals surface area contributed by atoms with E-state index in [2.05, 4.69) is 23.0 Å². The molecule has 1 N–H and O–H groups in total. The summed E-state index contributed by atoms with van der Waals surface area (Å²) >= 11 is 0. The average Bonchev–Trinajstić information content (AvgIpc) is 2.33. The van der Waals surface area contributed by atoms with Crippen molar-refractivity contribution in [2.45, 2.75) is 13.0 Å². The first kappa shape index (κ1) is 5.98. The van der Waals surface area contributed by atoms with Gasteiger partial charge in [0.05, 0.1) is 0 Å². The van der Waals surface area contributed by atoms with Crippen molar-refractivity contribution in [3.05, 3.63) is 23.5 Å². The Kier molecular flexibility index (Phi) is 1.27. The molecule has 1 aliphatic heterocycles. The molecule has 10 heavy (non-hydrogen) atoms. The van der Waals surface area contributed by atoms with Crippen LogP contribution in [0.15, 0.2) is 12.3 Å². The molecule has 0 aliphatic carbocycles. The van der Waals surface area contributed by atoms with Crippen LogP contribution in [0.1, 0.15) is 11.3 Å². The molecule has 2 heterocycles.